The number of nitrogens with zero attached hydrogens (tertiary/aromatic N) is 3. The van der Waals surface area contributed by atoms with Crippen LogP contribution in [0.1, 0.15) is 25.5 Å². The molecule has 0 unspecified atom stereocenters. The van der Waals surface area contributed by atoms with Crippen molar-refractivity contribution in [1.82, 2.24) is 20.2 Å². The van der Waals surface area contributed by atoms with Crippen LogP contribution in [0.2, 0.25) is 0 Å². The molecule has 0 saturated carbocycles. The molecule has 1 N–H and O–H groups in total. The van der Waals surface area contributed by atoms with Gasteiger partial charge in [0.2, 0.25) is 5.91 Å². The number of amides is 1. The lowest BCUT2D eigenvalue weighted by Crippen LogP contribution is -2.35. The highest BCUT2D eigenvalue weighted by atomic mass is 32.1. The fraction of sp³-hybridized carbons (Fsp3) is 0.500. The van der Waals surface area contributed by atoms with Crippen LogP contribution in [0.5, 0.6) is 0 Å². The predicted molar refractivity (Wildman–Crippen MR) is 96.9 cm³/mol. The van der Waals surface area contributed by atoms with Crippen LogP contribution < -0.4 is 5.32 Å². The van der Waals surface area contributed by atoms with Gasteiger partial charge in [-0.25, -0.2) is 4.98 Å². The number of carbonyl (C=O) groups excluding carboxylic acids is 1. The SMILES string of the molecule is C[C@@H](CNC(=O)Cc1csc(-c2ccccn2)n1)CN1CCCC1. The number of aromatic nitrogens is 2. The molecule has 3 heterocycles. The Bertz CT molecular complexity index is 652. The molecule has 2 aromatic heterocycles. The maximum Gasteiger partial charge on any atom is 0.226 e. The van der Waals surface area contributed by atoms with Crippen molar-refractivity contribution in [2.75, 3.05) is 26.2 Å². The van der Waals surface area contributed by atoms with Crippen LogP contribution in [-0.2, 0) is 11.2 Å². The van der Waals surface area contributed by atoms with Gasteiger partial charge in [-0.15, -0.1) is 11.3 Å². The van der Waals surface area contributed by atoms with Crippen molar-refractivity contribution < 1.29 is 4.79 Å². The molecule has 128 valence electrons. The van der Waals surface area contributed by atoms with Crippen molar-refractivity contribution in [2.45, 2.75) is 26.2 Å². The van der Waals surface area contributed by atoms with Crippen molar-refractivity contribution in [2.24, 2.45) is 5.92 Å². The zero-order chi connectivity index (χ0) is 16.8. The van der Waals surface area contributed by atoms with Gasteiger partial charge in [0.1, 0.15) is 5.01 Å². The molecule has 2 aromatic rings. The molecule has 1 atom stereocenters. The zero-order valence-electron chi connectivity index (χ0n) is 14.1. The van der Waals surface area contributed by atoms with E-state index in [2.05, 4.69) is 27.1 Å². The first-order valence-corrected chi connectivity index (χ1v) is 9.43. The van der Waals surface area contributed by atoms with E-state index in [1.54, 1.807) is 6.20 Å². The number of nitrogens with one attached hydrogen (secondary N) is 1. The minimum atomic E-state index is 0.0427. The summed E-state index contributed by atoms with van der Waals surface area (Å²) in [6.45, 7) is 6.40. The van der Waals surface area contributed by atoms with Crippen LogP contribution in [0.15, 0.2) is 29.8 Å². The topological polar surface area (TPSA) is 58.1 Å². The summed E-state index contributed by atoms with van der Waals surface area (Å²) in [4.78, 5) is 23.4. The molecule has 24 heavy (non-hydrogen) atoms. The molecule has 1 saturated heterocycles. The Balaban J connectivity index is 1.44. The number of rotatable bonds is 7. The Morgan fingerprint density at radius 1 is 1.38 bits per heavy atom. The van der Waals surface area contributed by atoms with Gasteiger partial charge in [-0.1, -0.05) is 13.0 Å². The summed E-state index contributed by atoms with van der Waals surface area (Å²) in [6.07, 6.45) is 4.70. The molecule has 0 radical (unpaired) electrons. The van der Waals surface area contributed by atoms with Crippen LogP contribution in [0.3, 0.4) is 0 Å². The van der Waals surface area contributed by atoms with E-state index in [1.807, 2.05) is 23.6 Å². The van der Waals surface area contributed by atoms with E-state index in [0.717, 1.165) is 29.5 Å². The standard InChI is InChI=1S/C18H24N4OS/c1-14(12-22-8-4-5-9-22)11-20-17(23)10-15-13-24-18(21-15)16-6-2-3-7-19-16/h2-3,6-7,13-14H,4-5,8-12H2,1H3,(H,20,23)/t14-/m0/s1. The first-order valence-electron chi connectivity index (χ1n) is 8.55. The van der Waals surface area contributed by atoms with Crippen molar-refractivity contribution >= 4 is 17.2 Å². The van der Waals surface area contributed by atoms with Crippen LogP contribution in [0, 0.1) is 5.92 Å². The summed E-state index contributed by atoms with van der Waals surface area (Å²) in [5.41, 5.74) is 1.67. The zero-order valence-corrected chi connectivity index (χ0v) is 14.9. The molecule has 3 rings (SSSR count). The van der Waals surface area contributed by atoms with Gasteiger partial charge < -0.3 is 10.2 Å². The fourth-order valence-electron chi connectivity index (χ4n) is 2.98. The van der Waals surface area contributed by atoms with Gasteiger partial charge in [-0.3, -0.25) is 9.78 Å². The summed E-state index contributed by atoms with van der Waals surface area (Å²) in [5.74, 6) is 0.521. The second kappa shape index (κ2) is 8.35. The number of pyridine rings is 1. The van der Waals surface area contributed by atoms with Gasteiger partial charge in [0.05, 0.1) is 17.8 Å². The summed E-state index contributed by atoms with van der Waals surface area (Å²) in [7, 11) is 0. The maximum absolute atomic E-state index is 12.1. The van der Waals surface area contributed by atoms with Gasteiger partial charge in [-0.05, 0) is 44.0 Å². The third-order valence-electron chi connectivity index (χ3n) is 4.19. The van der Waals surface area contributed by atoms with Gasteiger partial charge in [0.25, 0.3) is 0 Å². The molecule has 1 amide bonds. The van der Waals surface area contributed by atoms with E-state index in [1.165, 1.54) is 37.3 Å². The highest BCUT2D eigenvalue weighted by Crippen LogP contribution is 2.21. The van der Waals surface area contributed by atoms with Crippen LogP contribution in [0.4, 0.5) is 0 Å². The lowest BCUT2D eigenvalue weighted by atomic mass is 10.1. The van der Waals surface area contributed by atoms with E-state index in [-0.39, 0.29) is 5.91 Å². The molecule has 0 spiro atoms. The van der Waals surface area contributed by atoms with E-state index >= 15 is 0 Å². The highest BCUT2D eigenvalue weighted by Gasteiger charge is 2.15. The quantitative estimate of drug-likeness (QED) is 0.839. The molecule has 6 heteroatoms. The average Bonchev–Trinajstić information content (AvgIpc) is 3.26. The molecule has 1 aliphatic heterocycles. The molecular weight excluding hydrogens is 320 g/mol. The monoisotopic (exact) mass is 344 g/mol. The number of likely N-dealkylation sites (tertiary alicyclic amines) is 1. The van der Waals surface area contributed by atoms with E-state index in [0.29, 0.717) is 12.3 Å². The second-order valence-corrected chi connectivity index (χ2v) is 7.31. The molecule has 0 bridgehead atoms. The third kappa shape index (κ3) is 4.85. The molecule has 1 aliphatic rings. The summed E-state index contributed by atoms with van der Waals surface area (Å²) >= 11 is 1.53. The largest absolute Gasteiger partial charge is 0.355 e. The van der Waals surface area contributed by atoms with Crippen LogP contribution in [-0.4, -0.2) is 47.0 Å². The van der Waals surface area contributed by atoms with E-state index in [9.17, 15) is 4.79 Å². The lowest BCUT2D eigenvalue weighted by molar-refractivity contribution is -0.120. The summed E-state index contributed by atoms with van der Waals surface area (Å²) in [6, 6.07) is 5.76. The molecule has 0 aromatic carbocycles. The minimum Gasteiger partial charge on any atom is -0.355 e. The average molecular weight is 344 g/mol. The first-order chi connectivity index (χ1) is 11.7. The van der Waals surface area contributed by atoms with Crippen LogP contribution in [0.25, 0.3) is 10.7 Å². The normalized spacial score (nSPS) is 16.2. The van der Waals surface area contributed by atoms with Crippen molar-refractivity contribution in [1.29, 1.82) is 0 Å². The van der Waals surface area contributed by atoms with Gasteiger partial charge in [0.15, 0.2) is 0 Å². The first kappa shape index (κ1) is 17.0. The number of hydrogen-bond donors (Lipinski definition) is 1. The van der Waals surface area contributed by atoms with E-state index < -0.39 is 0 Å². The smallest absolute Gasteiger partial charge is 0.226 e. The third-order valence-corrected chi connectivity index (χ3v) is 5.11. The predicted octanol–water partition coefficient (Wildman–Crippen LogP) is 2.60. The van der Waals surface area contributed by atoms with Crippen molar-refractivity contribution in [3.05, 3.63) is 35.5 Å². The Hall–Kier alpha value is -1.79. The van der Waals surface area contributed by atoms with Gasteiger partial charge >= 0.3 is 0 Å². The fourth-order valence-corrected chi connectivity index (χ4v) is 3.78. The Morgan fingerprint density at radius 2 is 2.21 bits per heavy atom. The summed E-state index contributed by atoms with van der Waals surface area (Å²) < 4.78 is 0. The van der Waals surface area contributed by atoms with Crippen molar-refractivity contribution in [3.8, 4) is 10.7 Å². The molecule has 0 aliphatic carbocycles. The summed E-state index contributed by atoms with van der Waals surface area (Å²) in [5, 5.41) is 5.84. The van der Waals surface area contributed by atoms with Crippen molar-refractivity contribution in [3.63, 3.8) is 0 Å². The molecular formula is C18H24N4OS. The Kier molecular flexibility index (Phi) is 5.93. The minimum absolute atomic E-state index is 0.0427. The number of thiazole rings is 1. The lowest BCUT2D eigenvalue weighted by Gasteiger charge is -2.20. The Labute approximate surface area is 147 Å². The Morgan fingerprint density at radius 3 is 2.96 bits per heavy atom. The molecule has 1 fully saturated rings. The van der Waals surface area contributed by atoms with E-state index in [4.69, 9.17) is 0 Å². The number of carbonyl (C=O) groups is 1. The van der Waals surface area contributed by atoms with Crippen LogP contribution >= 0.6 is 11.3 Å². The maximum atomic E-state index is 12.1. The molecule has 5 nitrogen and oxygen atoms in total. The highest BCUT2D eigenvalue weighted by molar-refractivity contribution is 7.13. The number of hydrogen-bond acceptors (Lipinski definition) is 5. The van der Waals surface area contributed by atoms with Gasteiger partial charge in [0, 0.05) is 24.7 Å². The second-order valence-electron chi connectivity index (χ2n) is 6.45. The van der Waals surface area contributed by atoms with Gasteiger partial charge in [-0.2, -0.15) is 0 Å².